The van der Waals surface area contributed by atoms with Crippen molar-refractivity contribution in [1.82, 2.24) is 15.1 Å². The van der Waals surface area contributed by atoms with Crippen LogP contribution in [0.1, 0.15) is 46.6 Å². The predicted molar refractivity (Wildman–Crippen MR) is 132 cm³/mol. The summed E-state index contributed by atoms with van der Waals surface area (Å²) in [6, 6.07) is 14.9. The van der Waals surface area contributed by atoms with E-state index < -0.39 is 10.0 Å². The first-order chi connectivity index (χ1) is 15.5. The van der Waals surface area contributed by atoms with Crippen molar-refractivity contribution in [3.05, 3.63) is 88.2 Å². The van der Waals surface area contributed by atoms with Crippen LogP contribution in [0.4, 0.5) is 5.69 Å². The topological polar surface area (TPSA) is 93.1 Å². The third-order valence-corrected chi connectivity index (χ3v) is 5.96. The lowest BCUT2D eigenvalue weighted by molar-refractivity contribution is -0.117. The lowest BCUT2D eigenvalue weighted by Gasteiger charge is -2.17. The summed E-state index contributed by atoms with van der Waals surface area (Å²) in [6.45, 7) is 8.44. The lowest BCUT2D eigenvalue weighted by atomic mass is 10.1. The Morgan fingerprint density at radius 1 is 1.09 bits per heavy atom. The summed E-state index contributed by atoms with van der Waals surface area (Å²) in [7, 11) is -3.43. The zero-order valence-electron chi connectivity index (χ0n) is 19.6. The fraction of sp³-hybridized carbons (Fsp3) is 0.280. The summed E-state index contributed by atoms with van der Waals surface area (Å²) in [5, 5.41) is 7.52. The Kier molecular flexibility index (Phi) is 7.38. The van der Waals surface area contributed by atoms with E-state index in [2.05, 4.69) is 46.3 Å². The summed E-state index contributed by atoms with van der Waals surface area (Å²) in [4.78, 5) is 12.6. The van der Waals surface area contributed by atoms with Crippen LogP contribution in [0, 0.1) is 20.8 Å². The molecule has 174 valence electrons. The number of carbonyl (C=O) groups excluding carboxylic acids is 1. The summed E-state index contributed by atoms with van der Waals surface area (Å²) in [5.74, 6) is -0.276. The number of hydrogen-bond acceptors (Lipinski definition) is 4. The fourth-order valence-corrected chi connectivity index (χ4v) is 4.22. The number of rotatable bonds is 8. The molecule has 0 bridgehead atoms. The Morgan fingerprint density at radius 3 is 2.42 bits per heavy atom. The van der Waals surface area contributed by atoms with Gasteiger partial charge in [0.1, 0.15) is 0 Å². The molecule has 3 aromatic rings. The van der Waals surface area contributed by atoms with Crippen LogP contribution in [-0.2, 0) is 21.4 Å². The zero-order valence-corrected chi connectivity index (χ0v) is 20.4. The minimum atomic E-state index is -3.43. The first-order valence-corrected chi connectivity index (χ1v) is 12.6. The highest BCUT2D eigenvalue weighted by atomic mass is 32.2. The minimum Gasteiger partial charge on any atom is -0.346 e. The Morgan fingerprint density at radius 2 is 1.76 bits per heavy atom. The molecule has 0 fully saturated rings. The average Bonchev–Trinajstić information content (AvgIpc) is 3.00. The molecule has 0 aliphatic rings. The number of aromatic nitrogens is 2. The van der Waals surface area contributed by atoms with Gasteiger partial charge < -0.3 is 5.32 Å². The maximum absolute atomic E-state index is 12.6. The highest BCUT2D eigenvalue weighted by molar-refractivity contribution is 7.92. The minimum absolute atomic E-state index is 0.276. The third kappa shape index (κ3) is 6.55. The van der Waals surface area contributed by atoms with E-state index >= 15 is 0 Å². The standard InChI is InChI=1S/C25H30N4O3S/c1-17-10-12-21(13-11-17)16-29-20(4)22(19(3)27-29)14-15-25(30)26-18(2)23-8-6-7-9-24(23)28-33(5,31)32/h6-15,18,28H,16H2,1-5H3,(H,26,30)/b15-14+. The average molecular weight is 467 g/mol. The number of amides is 1. The van der Waals surface area contributed by atoms with E-state index in [1.807, 2.05) is 25.5 Å². The highest BCUT2D eigenvalue weighted by Gasteiger charge is 2.15. The Hall–Kier alpha value is -3.39. The summed E-state index contributed by atoms with van der Waals surface area (Å²) in [6.07, 6.45) is 4.35. The summed E-state index contributed by atoms with van der Waals surface area (Å²) >= 11 is 0. The van der Waals surface area contributed by atoms with Crippen molar-refractivity contribution in [3.8, 4) is 0 Å². The van der Waals surface area contributed by atoms with E-state index in [4.69, 9.17) is 0 Å². The van der Waals surface area contributed by atoms with Crippen molar-refractivity contribution in [2.45, 2.75) is 40.3 Å². The van der Waals surface area contributed by atoms with Gasteiger partial charge in [0.2, 0.25) is 15.9 Å². The van der Waals surface area contributed by atoms with Crippen molar-refractivity contribution in [3.63, 3.8) is 0 Å². The molecule has 0 spiro atoms. The van der Waals surface area contributed by atoms with Crippen molar-refractivity contribution in [1.29, 1.82) is 0 Å². The largest absolute Gasteiger partial charge is 0.346 e. The highest BCUT2D eigenvalue weighted by Crippen LogP contribution is 2.23. The number of benzene rings is 2. The molecule has 1 atom stereocenters. The number of anilines is 1. The Labute approximate surface area is 195 Å². The molecule has 1 heterocycles. The van der Waals surface area contributed by atoms with Crippen LogP contribution in [0.3, 0.4) is 0 Å². The molecule has 1 aromatic heterocycles. The van der Waals surface area contributed by atoms with Gasteiger partial charge in [-0.15, -0.1) is 0 Å². The van der Waals surface area contributed by atoms with Gasteiger partial charge in [-0.1, -0.05) is 48.0 Å². The first kappa shape index (κ1) is 24.3. The van der Waals surface area contributed by atoms with E-state index in [1.165, 1.54) is 11.6 Å². The summed E-state index contributed by atoms with van der Waals surface area (Å²) in [5.41, 5.74) is 6.24. The Bertz CT molecular complexity index is 1280. The monoisotopic (exact) mass is 466 g/mol. The molecule has 0 radical (unpaired) electrons. The van der Waals surface area contributed by atoms with Gasteiger partial charge in [0, 0.05) is 17.3 Å². The molecule has 0 aliphatic carbocycles. The van der Waals surface area contributed by atoms with Crippen molar-refractivity contribution < 1.29 is 13.2 Å². The quantitative estimate of drug-likeness (QED) is 0.489. The van der Waals surface area contributed by atoms with Crippen molar-refractivity contribution in [2.75, 3.05) is 11.0 Å². The molecule has 1 amide bonds. The lowest BCUT2D eigenvalue weighted by Crippen LogP contribution is -2.25. The smallest absolute Gasteiger partial charge is 0.244 e. The van der Waals surface area contributed by atoms with Crippen LogP contribution in [0.25, 0.3) is 6.08 Å². The van der Waals surface area contributed by atoms with Gasteiger partial charge in [-0.05, 0) is 51.0 Å². The third-order valence-electron chi connectivity index (χ3n) is 5.37. The summed E-state index contributed by atoms with van der Waals surface area (Å²) < 4.78 is 27.7. The van der Waals surface area contributed by atoms with Crippen LogP contribution in [-0.4, -0.2) is 30.4 Å². The maximum Gasteiger partial charge on any atom is 0.244 e. The van der Waals surface area contributed by atoms with E-state index in [1.54, 1.807) is 30.3 Å². The molecule has 8 heteroatoms. The number of hydrogen-bond donors (Lipinski definition) is 2. The van der Waals surface area contributed by atoms with E-state index in [9.17, 15) is 13.2 Å². The molecule has 3 rings (SSSR count). The molecular weight excluding hydrogens is 436 g/mol. The van der Waals surface area contributed by atoms with E-state index in [0.29, 0.717) is 17.8 Å². The molecule has 2 aromatic carbocycles. The van der Waals surface area contributed by atoms with Gasteiger partial charge >= 0.3 is 0 Å². The molecule has 1 unspecified atom stereocenters. The zero-order chi connectivity index (χ0) is 24.2. The van der Waals surface area contributed by atoms with E-state index in [0.717, 1.165) is 28.8 Å². The fourth-order valence-electron chi connectivity index (χ4n) is 3.64. The SMILES string of the molecule is Cc1ccc(Cn2nc(C)c(/C=C/C(=O)NC(C)c3ccccc3NS(C)(=O)=O)c2C)cc1. The van der Waals surface area contributed by atoms with Crippen molar-refractivity contribution in [2.24, 2.45) is 0 Å². The second kappa shape index (κ2) is 10.0. The van der Waals surface area contributed by atoms with Gasteiger partial charge in [0.25, 0.3) is 0 Å². The van der Waals surface area contributed by atoms with Gasteiger partial charge in [-0.25, -0.2) is 8.42 Å². The molecule has 2 N–H and O–H groups in total. The maximum atomic E-state index is 12.6. The van der Waals surface area contributed by atoms with Crippen LogP contribution >= 0.6 is 0 Å². The van der Waals surface area contributed by atoms with Gasteiger partial charge in [-0.3, -0.25) is 14.2 Å². The van der Waals surface area contributed by atoms with Gasteiger partial charge in [0.05, 0.1) is 30.2 Å². The van der Waals surface area contributed by atoms with Crippen LogP contribution in [0.2, 0.25) is 0 Å². The van der Waals surface area contributed by atoms with Crippen LogP contribution < -0.4 is 10.0 Å². The number of para-hydroxylation sites is 1. The number of sulfonamides is 1. The second-order valence-electron chi connectivity index (χ2n) is 8.25. The molecular formula is C25H30N4O3S. The molecule has 0 aliphatic heterocycles. The second-order valence-corrected chi connectivity index (χ2v) is 10.0. The van der Waals surface area contributed by atoms with Crippen LogP contribution in [0.5, 0.6) is 0 Å². The number of carbonyl (C=O) groups is 1. The number of nitrogens with one attached hydrogen (secondary N) is 2. The molecule has 33 heavy (non-hydrogen) atoms. The van der Waals surface area contributed by atoms with Crippen LogP contribution in [0.15, 0.2) is 54.6 Å². The van der Waals surface area contributed by atoms with E-state index in [-0.39, 0.29) is 11.9 Å². The number of nitrogens with zero attached hydrogens (tertiary/aromatic N) is 2. The molecule has 0 saturated carbocycles. The number of aryl methyl sites for hydroxylation is 2. The molecule has 7 nitrogen and oxygen atoms in total. The van der Waals surface area contributed by atoms with Crippen molar-refractivity contribution >= 4 is 27.7 Å². The first-order valence-electron chi connectivity index (χ1n) is 10.7. The Balaban J connectivity index is 1.71. The predicted octanol–water partition coefficient (Wildman–Crippen LogP) is 4.12. The normalized spacial score (nSPS) is 12.6. The van der Waals surface area contributed by atoms with Gasteiger partial charge in [-0.2, -0.15) is 5.10 Å². The molecule has 0 saturated heterocycles. The van der Waals surface area contributed by atoms with Gasteiger partial charge in [0.15, 0.2) is 0 Å².